The summed E-state index contributed by atoms with van der Waals surface area (Å²) < 4.78 is 17.5. The van der Waals surface area contributed by atoms with Gasteiger partial charge in [-0.25, -0.2) is 4.39 Å². The maximum Gasteiger partial charge on any atom is 0.191 e. The second-order valence-corrected chi connectivity index (χ2v) is 8.45. The molecule has 3 aromatic carbocycles. The van der Waals surface area contributed by atoms with Crippen LogP contribution in [-0.4, -0.2) is 14.8 Å². The fourth-order valence-electron chi connectivity index (χ4n) is 3.05. The molecular formula is C23H19BrFN3S. The zero-order chi connectivity index (χ0) is 20.1. The minimum atomic E-state index is -0.287. The minimum absolute atomic E-state index is 0.287. The van der Waals surface area contributed by atoms with Crippen molar-refractivity contribution >= 4 is 27.7 Å². The maximum atomic E-state index is 14.4. The SMILES string of the molecule is Fc1ccccc1-c1nnc(SCc2ccc(Br)cc2)n1CCc1ccccc1. The van der Waals surface area contributed by atoms with Gasteiger partial charge in [-0.1, -0.05) is 82.3 Å². The van der Waals surface area contributed by atoms with E-state index < -0.39 is 0 Å². The predicted octanol–water partition coefficient (Wildman–Crippen LogP) is 6.38. The highest BCUT2D eigenvalue weighted by atomic mass is 79.9. The molecule has 1 heterocycles. The lowest BCUT2D eigenvalue weighted by Crippen LogP contribution is -2.06. The van der Waals surface area contributed by atoms with Gasteiger partial charge in [0.05, 0.1) is 5.56 Å². The molecule has 0 fully saturated rings. The molecule has 0 bridgehead atoms. The average molecular weight is 468 g/mol. The number of aromatic nitrogens is 3. The molecule has 0 unspecified atom stereocenters. The van der Waals surface area contributed by atoms with Crippen molar-refractivity contribution in [1.82, 2.24) is 14.8 Å². The van der Waals surface area contributed by atoms with E-state index in [0.29, 0.717) is 17.9 Å². The molecule has 3 nitrogen and oxygen atoms in total. The summed E-state index contributed by atoms with van der Waals surface area (Å²) in [5.74, 6) is 1.05. The monoisotopic (exact) mass is 467 g/mol. The Hall–Kier alpha value is -2.44. The number of thioether (sulfide) groups is 1. The maximum absolute atomic E-state index is 14.4. The van der Waals surface area contributed by atoms with Crippen molar-refractivity contribution in [3.05, 3.63) is 100 Å². The molecule has 0 spiro atoms. The molecule has 4 aromatic rings. The first kappa shape index (κ1) is 19.9. The van der Waals surface area contributed by atoms with E-state index in [9.17, 15) is 4.39 Å². The molecule has 0 atom stereocenters. The van der Waals surface area contributed by atoms with Crippen LogP contribution in [0.5, 0.6) is 0 Å². The summed E-state index contributed by atoms with van der Waals surface area (Å²) in [6, 6.07) is 25.2. The van der Waals surface area contributed by atoms with Gasteiger partial charge in [0.2, 0.25) is 0 Å². The zero-order valence-corrected chi connectivity index (χ0v) is 18.0. The number of rotatable bonds is 7. The van der Waals surface area contributed by atoms with Crippen LogP contribution in [0.1, 0.15) is 11.1 Å². The molecule has 0 aliphatic rings. The Morgan fingerprint density at radius 2 is 1.55 bits per heavy atom. The van der Waals surface area contributed by atoms with Crippen LogP contribution < -0.4 is 0 Å². The van der Waals surface area contributed by atoms with Crippen molar-refractivity contribution in [2.24, 2.45) is 0 Å². The van der Waals surface area contributed by atoms with E-state index in [1.807, 2.05) is 41.0 Å². The van der Waals surface area contributed by atoms with Crippen LogP contribution in [0.15, 0.2) is 88.5 Å². The molecule has 0 aliphatic heterocycles. The smallest absolute Gasteiger partial charge is 0.191 e. The van der Waals surface area contributed by atoms with E-state index in [0.717, 1.165) is 21.8 Å². The molecule has 0 radical (unpaired) electrons. The first-order chi connectivity index (χ1) is 14.2. The van der Waals surface area contributed by atoms with Crippen molar-refractivity contribution in [2.45, 2.75) is 23.9 Å². The van der Waals surface area contributed by atoms with Crippen LogP contribution in [0, 0.1) is 5.82 Å². The molecule has 0 amide bonds. The fraction of sp³-hybridized carbons (Fsp3) is 0.130. The standard InChI is InChI=1S/C23H19BrFN3S/c24-19-12-10-18(11-13-19)16-29-23-27-26-22(20-8-4-5-9-21(20)25)28(23)15-14-17-6-2-1-3-7-17/h1-13H,14-16H2. The number of nitrogens with zero attached hydrogens (tertiary/aromatic N) is 3. The van der Waals surface area contributed by atoms with Crippen molar-refractivity contribution < 1.29 is 4.39 Å². The molecule has 4 rings (SSSR count). The largest absolute Gasteiger partial charge is 0.302 e. The summed E-state index contributed by atoms with van der Waals surface area (Å²) in [6.07, 6.45) is 0.826. The summed E-state index contributed by atoms with van der Waals surface area (Å²) in [5.41, 5.74) is 2.90. The van der Waals surface area contributed by atoms with E-state index in [-0.39, 0.29) is 5.82 Å². The number of halogens is 2. The summed E-state index contributed by atoms with van der Waals surface area (Å²) in [7, 11) is 0. The summed E-state index contributed by atoms with van der Waals surface area (Å²) >= 11 is 5.08. The molecule has 0 aliphatic carbocycles. The van der Waals surface area contributed by atoms with E-state index in [4.69, 9.17) is 0 Å². The van der Waals surface area contributed by atoms with Gasteiger partial charge in [-0.05, 0) is 41.8 Å². The van der Waals surface area contributed by atoms with Crippen LogP contribution in [0.2, 0.25) is 0 Å². The van der Waals surface area contributed by atoms with Gasteiger partial charge in [0, 0.05) is 16.8 Å². The van der Waals surface area contributed by atoms with E-state index in [2.05, 4.69) is 50.4 Å². The fourth-order valence-corrected chi connectivity index (χ4v) is 4.24. The van der Waals surface area contributed by atoms with Crippen molar-refractivity contribution in [3.63, 3.8) is 0 Å². The van der Waals surface area contributed by atoms with Gasteiger partial charge in [0.15, 0.2) is 11.0 Å². The minimum Gasteiger partial charge on any atom is -0.302 e. The number of benzene rings is 3. The Morgan fingerprint density at radius 3 is 2.31 bits per heavy atom. The van der Waals surface area contributed by atoms with Crippen LogP contribution in [0.25, 0.3) is 11.4 Å². The number of hydrogen-bond donors (Lipinski definition) is 0. The number of hydrogen-bond acceptors (Lipinski definition) is 3. The third-order valence-corrected chi connectivity index (χ3v) is 6.15. The van der Waals surface area contributed by atoms with Crippen LogP contribution in [-0.2, 0) is 18.7 Å². The van der Waals surface area contributed by atoms with Gasteiger partial charge in [0.25, 0.3) is 0 Å². The Morgan fingerprint density at radius 1 is 0.828 bits per heavy atom. The molecule has 0 N–H and O–H groups in total. The first-order valence-corrected chi connectivity index (χ1v) is 11.1. The highest BCUT2D eigenvalue weighted by molar-refractivity contribution is 9.10. The molecule has 0 saturated heterocycles. The lowest BCUT2D eigenvalue weighted by atomic mass is 10.1. The number of aryl methyl sites for hydroxylation is 1. The van der Waals surface area contributed by atoms with Gasteiger partial charge >= 0.3 is 0 Å². The summed E-state index contributed by atoms with van der Waals surface area (Å²) in [5, 5.41) is 9.50. The molecule has 29 heavy (non-hydrogen) atoms. The van der Waals surface area contributed by atoms with Crippen molar-refractivity contribution in [1.29, 1.82) is 0 Å². The quantitative estimate of drug-likeness (QED) is 0.295. The lowest BCUT2D eigenvalue weighted by Gasteiger charge is -2.11. The van der Waals surface area contributed by atoms with Crippen LogP contribution in [0.3, 0.4) is 0 Å². The van der Waals surface area contributed by atoms with Crippen molar-refractivity contribution in [3.8, 4) is 11.4 Å². The zero-order valence-electron chi connectivity index (χ0n) is 15.6. The van der Waals surface area contributed by atoms with Gasteiger partial charge in [0.1, 0.15) is 5.82 Å². The highest BCUT2D eigenvalue weighted by Crippen LogP contribution is 2.28. The van der Waals surface area contributed by atoms with Crippen LogP contribution in [0.4, 0.5) is 4.39 Å². The van der Waals surface area contributed by atoms with Crippen LogP contribution >= 0.6 is 27.7 Å². The Kier molecular flexibility index (Phi) is 6.42. The normalized spacial score (nSPS) is 11.0. The van der Waals surface area contributed by atoms with Gasteiger partial charge in [-0.15, -0.1) is 10.2 Å². The van der Waals surface area contributed by atoms with E-state index in [1.165, 1.54) is 17.2 Å². The second-order valence-electron chi connectivity index (χ2n) is 6.59. The Bertz CT molecular complexity index is 1080. The first-order valence-electron chi connectivity index (χ1n) is 9.30. The van der Waals surface area contributed by atoms with Gasteiger partial charge < -0.3 is 4.57 Å². The Balaban J connectivity index is 1.61. The van der Waals surface area contributed by atoms with Gasteiger partial charge in [-0.2, -0.15) is 0 Å². The molecule has 0 saturated carbocycles. The average Bonchev–Trinajstić information content (AvgIpc) is 3.15. The second kappa shape index (κ2) is 9.37. The summed E-state index contributed by atoms with van der Waals surface area (Å²) in [6.45, 7) is 0.684. The third kappa shape index (κ3) is 4.95. The topological polar surface area (TPSA) is 30.7 Å². The molecular weight excluding hydrogens is 449 g/mol. The summed E-state index contributed by atoms with van der Waals surface area (Å²) in [4.78, 5) is 0. The lowest BCUT2D eigenvalue weighted by molar-refractivity contribution is 0.616. The van der Waals surface area contributed by atoms with Gasteiger partial charge in [-0.3, -0.25) is 0 Å². The third-order valence-electron chi connectivity index (χ3n) is 4.58. The van der Waals surface area contributed by atoms with Crippen molar-refractivity contribution in [2.75, 3.05) is 0 Å². The molecule has 146 valence electrons. The predicted molar refractivity (Wildman–Crippen MR) is 119 cm³/mol. The highest BCUT2D eigenvalue weighted by Gasteiger charge is 2.17. The molecule has 1 aromatic heterocycles. The van der Waals surface area contributed by atoms with E-state index >= 15 is 0 Å². The molecule has 6 heteroatoms. The van der Waals surface area contributed by atoms with E-state index in [1.54, 1.807) is 23.9 Å². The Labute approximate surface area is 182 Å².